The molecule has 0 aliphatic rings. The molecule has 15 nitrogen and oxygen atoms in total. The van der Waals surface area contributed by atoms with Gasteiger partial charge in [-0.25, -0.2) is 14.0 Å². The summed E-state index contributed by atoms with van der Waals surface area (Å²) in [6, 6.07) is 7.91. The Balaban J connectivity index is 1.77. The fourth-order valence-corrected chi connectivity index (χ4v) is 3.91. The summed E-state index contributed by atoms with van der Waals surface area (Å²) in [5, 5.41) is 30.5. The van der Waals surface area contributed by atoms with E-state index in [-0.39, 0.29) is 53.3 Å². The number of halogens is 1. The Hall–Kier alpha value is -5.67. The molecule has 0 saturated heterocycles. The molecule has 4 aromatic rings. The molecule has 0 bridgehead atoms. The van der Waals surface area contributed by atoms with Crippen LogP contribution in [0.15, 0.2) is 47.4 Å². The maximum atomic E-state index is 16.0. The Morgan fingerprint density at radius 3 is 2.62 bits per heavy atom. The van der Waals surface area contributed by atoms with Gasteiger partial charge < -0.3 is 30.4 Å². The zero-order chi connectivity index (χ0) is 30.4. The topological polar surface area (TPSA) is 223 Å². The number of nitrogens with two attached hydrogens (primary N) is 1. The van der Waals surface area contributed by atoms with Crippen molar-refractivity contribution in [3.8, 4) is 17.3 Å². The second-order valence-electron chi connectivity index (χ2n) is 8.80. The van der Waals surface area contributed by atoms with E-state index in [2.05, 4.69) is 25.6 Å². The molecule has 220 valence electrons. The van der Waals surface area contributed by atoms with Gasteiger partial charge in [0.15, 0.2) is 23.2 Å². The Labute approximate surface area is 236 Å². The summed E-state index contributed by atoms with van der Waals surface area (Å²) in [6.45, 7) is 1.37. The molecule has 0 saturated carbocycles. The number of carbonyl (C=O) groups is 2. The highest BCUT2D eigenvalue weighted by molar-refractivity contribution is 5.95. The number of nitrogens with zero attached hydrogens (tertiary/aromatic N) is 3. The zero-order valence-corrected chi connectivity index (χ0v) is 22.4. The summed E-state index contributed by atoms with van der Waals surface area (Å²) in [6.07, 6.45) is 1.32. The van der Waals surface area contributed by atoms with Crippen LogP contribution in [-0.2, 0) is 9.53 Å². The summed E-state index contributed by atoms with van der Waals surface area (Å²) in [5.41, 5.74) is 5.28. The van der Waals surface area contributed by atoms with Crippen LogP contribution in [0.2, 0.25) is 0 Å². The monoisotopic (exact) mass is 582 g/mol. The molecule has 0 amide bonds. The van der Waals surface area contributed by atoms with E-state index in [1.54, 1.807) is 24.3 Å². The van der Waals surface area contributed by atoms with Crippen LogP contribution in [0.25, 0.3) is 5.82 Å². The lowest BCUT2D eigenvalue weighted by Gasteiger charge is -2.21. The third-order valence-corrected chi connectivity index (χ3v) is 5.92. The van der Waals surface area contributed by atoms with Crippen LogP contribution in [0, 0.1) is 11.2 Å². The predicted octanol–water partition coefficient (Wildman–Crippen LogP) is 1.95. The molecule has 7 N–H and O–H groups in total. The van der Waals surface area contributed by atoms with Gasteiger partial charge in [0.2, 0.25) is 0 Å². The molecule has 4 rings (SSSR count). The molecule has 0 spiro atoms. The Morgan fingerprint density at radius 1 is 1.24 bits per heavy atom. The third kappa shape index (κ3) is 6.55. The zero-order valence-electron chi connectivity index (χ0n) is 22.4. The highest BCUT2D eigenvalue weighted by Gasteiger charge is 2.28. The number of aromatic carboxylic acids is 1. The van der Waals surface area contributed by atoms with Crippen LogP contribution in [0.3, 0.4) is 0 Å². The van der Waals surface area contributed by atoms with Crippen molar-refractivity contribution in [3.05, 3.63) is 81.4 Å². The van der Waals surface area contributed by atoms with Crippen LogP contribution in [0.1, 0.15) is 46.7 Å². The number of hydrogen-bond donors (Lipinski definition) is 6. The number of esters is 1. The molecular weight excluding hydrogens is 555 g/mol. The van der Waals surface area contributed by atoms with E-state index in [4.69, 9.17) is 25.4 Å². The van der Waals surface area contributed by atoms with Crippen molar-refractivity contribution in [2.24, 2.45) is 5.73 Å². The van der Waals surface area contributed by atoms with E-state index in [9.17, 15) is 19.5 Å². The quantitative estimate of drug-likeness (QED) is 0.0578. The van der Waals surface area contributed by atoms with E-state index in [0.29, 0.717) is 17.7 Å². The Kier molecular flexibility index (Phi) is 8.84. The number of nitrogen functional groups attached to an aromatic ring is 1. The number of benzene rings is 2. The molecule has 16 heteroatoms. The molecular formula is C26H27FN8O7. The predicted molar refractivity (Wildman–Crippen MR) is 146 cm³/mol. The number of rotatable bonds is 13. The van der Waals surface area contributed by atoms with Crippen molar-refractivity contribution in [1.29, 1.82) is 5.41 Å². The lowest BCUT2D eigenvalue weighted by Crippen LogP contribution is -2.18. The third-order valence-electron chi connectivity index (χ3n) is 5.92. The number of amidine groups is 1. The van der Waals surface area contributed by atoms with Crippen molar-refractivity contribution >= 4 is 23.5 Å². The molecule has 0 radical (unpaired) electrons. The van der Waals surface area contributed by atoms with Gasteiger partial charge in [-0.15, -0.1) is 5.10 Å². The molecule has 0 aliphatic carbocycles. The Bertz CT molecular complexity index is 1660. The van der Waals surface area contributed by atoms with Crippen LogP contribution in [0.4, 0.5) is 10.1 Å². The molecule has 0 unspecified atom stereocenters. The van der Waals surface area contributed by atoms with E-state index in [0.717, 1.165) is 10.9 Å². The van der Waals surface area contributed by atoms with Gasteiger partial charge >= 0.3 is 17.6 Å². The fourth-order valence-electron chi connectivity index (χ4n) is 3.91. The van der Waals surface area contributed by atoms with Crippen molar-refractivity contribution in [2.75, 3.05) is 25.6 Å². The van der Waals surface area contributed by atoms with Crippen LogP contribution < -0.4 is 26.2 Å². The number of carboxylic acids is 1. The number of aromatic nitrogens is 5. The molecule has 0 fully saturated rings. The van der Waals surface area contributed by atoms with E-state index in [1.165, 1.54) is 26.2 Å². The van der Waals surface area contributed by atoms with Gasteiger partial charge in [0.05, 0.1) is 26.5 Å². The first-order chi connectivity index (χ1) is 20.1. The second-order valence-corrected chi connectivity index (χ2v) is 8.80. The number of aromatic amines is 2. The molecule has 2 heterocycles. The van der Waals surface area contributed by atoms with Gasteiger partial charge in [0.1, 0.15) is 23.2 Å². The van der Waals surface area contributed by atoms with Crippen LogP contribution in [0.5, 0.6) is 11.5 Å². The average Bonchev–Trinajstić information content (AvgIpc) is 3.59. The van der Waals surface area contributed by atoms with E-state index < -0.39 is 29.5 Å². The number of anilines is 1. The highest BCUT2D eigenvalue weighted by atomic mass is 19.1. The number of carbonyl (C=O) groups excluding carboxylic acids is 1. The minimum absolute atomic E-state index is 0.0185. The second kappa shape index (κ2) is 12.7. The molecule has 2 aromatic carbocycles. The van der Waals surface area contributed by atoms with Crippen molar-refractivity contribution in [1.82, 2.24) is 25.0 Å². The SMILES string of the molecule is COc1cc(OCCCOC(C)=O)c(F)c([C@H](Nc2ccc(C(=N)N)cc2)c2nn(-c3[nH]ncc3C(=O)O)c(=O)[nH]2)c1. The smallest absolute Gasteiger partial charge is 0.349 e. The Morgan fingerprint density at radius 2 is 1.98 bits per heavy atom. The molecule has 0 aliphatic heterocycles. The van der Waals surface area contributed by atoms with Crippen molar-refractivity contribution < 1.29 is 33.3 Å². The maximum Gasteiger partial charge on any atom is 0.349 e. The number of nitrogens with one attached hydrogen (secondary N) is 4. The molecule has 2 aromatic heterocycles. The van der Waals surface area contributed by atoms with Gasteiger partial charge in [-0.1, -0.05) is 0 Å². The lowest BCUT2D eigenvalue weighted by molar-refractivity contribution is -0.141. The number of methoxy groups -OCH3 is 1. The van der Waals surface area contributed by atoms with Gasteiger partial charge in [0.25, 0.3) is 0 Å². The highest BCUT2D eigenvalue weighted by Crippen LogP contribution is 2.35. The number of H-pyrrole nitrogens is 2. The van der Waals surface area contributed by atoms with Crippen molar-refractivity contribution in [2.45, 2.75) is 19.4 Å². The minimum atomic E-state index is -1.34. The first kappa shape index (κ1) is 29.3. The van der Waals surface area contributed by atoms with Gasteiger partial charge in [-0.3, -0.25) is 20.3 Å². The summed E-state index contributed by atoms with van der Waals surface area (Å²) in [4.78, 5) is 38.1. The van der Waals surface area contributed by atoms with E-state index >= 15 is 4.39 Å². The first-order valence-electron chi connectivity index (χ1n) is 12.4. The van der Waals surface area contributed by atoms with Crippen LogP contribution in [-0.4, -0.2) is 68.2 Å². The first-order valence-corrected chi connectivity index (χ1v) is 12.4. The minimum Gasteiger partial charge on any atom is -0.497 e. The number of carboxylic acid groups (broad SMARTS) is 1. The number of ether oxygens (including phenoxy) is 3. The summed E-state index contributed by atoms with van der Waals surface area (Å²) in [5.74, 6) is -2.98. The molecule has 42 heavy (non-hydrogen) atoms. The summed E-state index contributed by atoms with van der Waals surface area (Å²) < 4.78 is 32.6. The lowest BCUT2D eigenvalue weighted by atomic mass is 10.0. The summed E-state index contributed by atoms with van der Waals surface area (Å²) >= 11 is 0. The average molecular weight is 583 g/mol. The summed E-state index contributed by atoms with van der Waals surface area (Å²) in [7, 11) is 1.38. The van der Waals surface area contributed by atoms with Gasteiger partial charge in [0, 0.05) is 36.2 Å². The van der Waals surface area contributed by atoms with Crippen molar-refractivity contribution in [3.63, 3.8) is 0 Å². The van der Waals surface area contributed by atoms with Gasteiger partial charge in [-0.05, 0) is 30.3 Å². The largest absolute Gasteiger partial charge is 0.497 e. The number of hydrogen-bond acceptors (Lipinski definition) is 10. The normalized spacial score (nSPS) is 11.5. The van der Waals surface area contributed by atoms with Gasteiger partial charge in [-0.2, -0.15) is 9.78 Å². The fraction of sp³-hybridized carbons (Fsp3) is 0.231. The maximum absolute atomic E-state index is 16.0. The van der Waals surface area contributed by atoms with E-state index in [1.807, 2.05) is 0 Å². The standard InChI is InChI=1S/C26H27FN8O7/c1-13(36)41-8-3-9-42-19-11-16(40-2)10-17(20(19)27)21(31-15-6-4-14(5-7-15)22(28)29)23-32-26(39)35(34-23)24-18(25(37)38)12-30-33-24/h4-7,10-12,21,31H,3,8-9H2,1-2H3,(H3,28,29)(H,30,33)(H,37,38)(H,32,34,39)/t21-/m0/s1. The van der Waals surface area contributed by atoms with Crippen LogP contribution >= 0.6 is 0 Å². The molecule has 1 atom stereocenters.